The Hall–Kier alpha value is -2.86. The van der Waals surface area contributed by atoms with Gasteiger partial charge in [0.15, 0.2) is 6.61 Å². The number of ether oxygens (including phenoxy) is 1. The monoisotopic (exact) mass is 510 g/mol. The summed E-state index contributed by atoms with van der Waals surface area (Å²) >= 11 is 3.61. The Bertz CT molecular complexity index is 1100. The van der Waals surface area contributed by atoms with E-state index in [2.05, 4.69) is 21.2 Å². The molecule has 0 spiro atoms. The Kier molecular flexibility index (Phi) is 8.89. The Morgan fingerprint density at radius 2 is 1.76 bits per heavy atom. The van der Waals surface area contributed by atoms with Gasteiger partial charge in [0, 0.05) is 13.1 Å². The van der Waals surface area contributed by atoms with E-state index in [1.54, 1.807) is 4.90 Å². The topological polar surface area (TPSA) is 58.6 Å². The number of benzene rings is 3. The Morgan fingerprint density at radius 3 is 2.45 bits per heavy atom. The van der Waals surface area contributed by atoms with Crippen molar-refractivity contribution in [3.63, 3.8) is 0 Å². The Labute approximate surface area is 204 Å². The molecular formula is C27H31BrN2O3. The second kappa shape index (κ2) is 11.8. The lowest BCUT2D eigenvalue weighted by Crippen LogP contribution is -2.50. The molecule has 5 nitrogen and oxygen atoms in total. The first kappa shape index (κ1) is 24.8. The maximum Gasteiger partial charge on any atom is 0.261 e. The van der Waals surface area contributed by atoms with Gasteiger partial charge in [-0.3, -0.25) is 9.59 Å². The van der Waals surface area contributed by atoms with Crippen LogP contribution in [0.15, 0.2) is 65.1 Å². The van der Waals surface area contributed by atoms with Gasteiger partial charge in [0.05, 0.1) is 4.47 Å². The van der Waals surface area contributed by atoms with Crippen LogP contribution in [0.4, 0.5) is 0 Å². The van der Waals surface area contributed by atoms with Gasteiger partial charge in [-0.1, -0.05) is 74.0 Å². The first-order chi connectivity index (χ1) is 15.9. The summed E-state index contributed by atoms with van der Waals surface area (Å²) in [6, 6.07) is 19.3. The molecule has 6 heteroatoms. The van der Waals surface area contributed by atoms with Crippen molar-refractivity contribution < 1.29 is 14.3 Å². The van der Waals surface area contributed by atoms with Crippen LogP contribution in [-0.4, -0.2) is 35.9 Å². The highest BCUT2D eigenvalue weighted by atomic mass is 79.9. The molecule has 33 heavy (non-hydrogen) atoms. The van der Waals surface area contributed by atoms with E-state index >= 15 is 0 Å². The van der Waals surface area contributed by atoms with Crippen LogP contribution in [0.1, 0.15) is 37.8 Å². The molecule has 0 aliphatic rings. The molecule has 2 amide bonds. The number of halogens is 1. The van der Waals surface area contributed by atoms with Gasteiger partial charge in [-0.25, -0.2) is 0 Å². The molecule has 0 bridgehead atoms. The molecule has 3 aromatic carbocycles. The Balaban J connectivity index is 1.81. The summed E-state index contributed by atoms with van der Waals surface area (Å²) in [6.45, 7) is 6.73. The number of aryl methyl sites for hydroxylation is 1. The van der Waals surface area contributed by atoms with Crippen LogP contribution in [-0.2, 0) is 16.1 Å². The zero-order valence-electron chi connectivity index (χ0n) is 19.4. The van der Waals surface area contributed by atoms with Crippen molar-refractivity contribution in [2.45, 2.75) is 46.2 Å². The van der Waals surface area contributed by atoms with Crippen molar-refractivity contribution in [3.05, 3.63) is 76.3 Å². The molecule has 0 saturated heterocycles. The van der Waals surface area contributed by atoms with Crippen molar-refractivity contribution in [1.82, 2.24) is 10.2 Å². The number of hydrogen-bond donors (Lipinski definition) is 1. The molecule has 1 atom stereocenters. The van der Waals surface area contributed by atoms with E-state index in [0.29, 0.717) is 25.3 Å². The second-order valence-electron chi connectivity index (χ2n) is 8.11. The lowest BCUT2D eigenvalue weighted by molar-refractivity contribution is -0.143. The van der Waals surface area contributed by atoms with Crippen molar-refractivity contribution in [3.8, 4) is 5.75 Å². The van der Waals surface area contributed by atoms with Gasteiger partial charge < -0.3 is 15.0 Å². The molecule has 0 aromatic heterocycles. The first-order valence-electron chi connectivity index (χ1n) is 11.4. The van der Waals surface area contributed by atoms with Crippen molar-refractivity contribution in [1.29, 1.82) is 0 Å². The molecule has 0 unspecified atom stereocenters. The van der Waals surface area contributed by atoms with Crippen LogP contribution < -0.4 is 10.1 Å². The standard InChI is InChI=1S/C27H31BrN2O3/c1-4-16-29-27(32)23(5-2)30(17-20-12-10-19(3)11-13-20)25(31)18-33-24-15-14-21-8-6-7-9-22(21)26(24)28/h6-15,23H,4-5,16-18H2,1-3H3,(H,29,32)/t23-/m1/s1. The summed E-state index contributed by atoms with van der Waals surface area (Å²) in [5, 5.41) is 5.04. The van der Waals surface area contributed by atoms with Crippen LogP contribution in [0.5, 0.6) is 5.75 Å². The van der Waals surface area contributed by atoms with Crippen molar-refractivity contribution in [2.24, 2.45) is 0 Å². The summed E-state index contributed by atoms with van der Waals surface area (Å²) in [5.74, 6) is 0.238. The predicted octanol–water partition coefficient (Wildman–Crippen LogP) is 5.62. The lowest BCUT2D eigenvalue weighted by Gasteiger charge is -2.30. The molecule has 174 valence electrons. The molecule has 3 rings (SSSR count). The fourth-order valence-corrected chi connectivity index (χ4v) is 4.33. The second-order valence-corrected chi connectivity index (χ2v) is 8.90. The highest BCUT2D eigenvalue weighted by Gasteiger charge is 2.29. The minimum atomic E-state index is -0.561. The third-order valence-electron chi connectivity index (χ3n) is 5.59. The van der Waals surface area contributed by atoms with Crippen molar-refractivity contribution in [2.75, 3.05) is 13.2 Å². The van der Waals surface area contributed by atoms with Gasteiger partial charge in [0.1, 0.15) is 11.8 Å². The summed E-state index contributed by atoms with van der Waals surface area (Å²) in [7, 11) is 0. The fourth-order valence-electron chi connectivity index (χ4n) is 3.72. The number of rotatable bonds is 10. The smallest absolute Gasteiger partial charge is 0.261 e. The van der Waals surface area contributed by atoms with Crippen LogP contribution >= 0.6 is 15.9 Å². The molecule has 0 aliphatic heterocycles. The van der Waals surface area contributed by atoms with E-state index in [-0.39, 0.29) is 18.4 Å². The average molecular weight is 511 g/mol. The van der Waals surface area contributed by atoms with Gasteiger partial charge >= 0.3 is 0 Å². The van der Waals surface area contributed by atoms with Crippen LogP contribution in [0.3, 0.4) is 0 Å². The van der Waals surface area contributed by atoms with Crippen LogP contribution in [0, 0.1) is 6.92 Å². The highest BCUT2D eigenvalue weighted by molar-refractivity contribution is 9.10. The van der Waals surface area contributed by atoms with Crippen LogP contribution in [0.2, 0.25) is 0 Å². The summed E-state index contributed by atoms with van der Waals surface area (Å²) in [5.41, 5.74) is 2.12. The van der Waals surface area contributed by atoms with E-state index in [9.17, 15) is 9.59 Å². The molecule has 0 heterocycles. The fraction of sp³-hybridized carbons (Fsp3) is 0.333. The predicted molar refractivity (Wildman–Crippen MR) is 136 cm³/mol. The van der Waals surface area contributed by atoms with Crippen molar-refractivity contribution >= 4 is 38.5 Å². The number of amides is 2. The number of carbonyl (C=O) groups is 2. The summed E-state index contributed by atoms with van der Waals surface area (Å²) in [4.78, 5) is 27.8. The number of nitrogens with zero attached hydrogens (tertiary/aromatic N) is 1. The highest BCUT2D eigenvalue weighted by Crippen LogP contribution is 2.33. The SMILES string of the molecule is CCCNC(=O)[C@@H](CC)N(Cc1ccc(C)cc1)C(=O)COc1ccc2ccccc2c1Br. The number of nitrogens with one attached hydrogen (secondary N) is 1. The summed E-state index contributed by atoms with van der Waals surface area (Å²) in [6.07, 6.45) is 1.36. The molecule has 1 N–H and O–H groups in total. The molecular weight excluding hydrogens is 480 g/mol. The molecule has 3 aromatic rings. The Morgan fingerprint density at radius 1 is 1.03 bits per heavy atom. The van der Waals surface area contributed by atoms with E-state index in [4.69, 9.17) is 4.74 Å². The quantitative estimate of drug-likeness (QED) is 0.384. The largest absolute Gasteiger partial charge is 0.483 e. The maximum atomic E-state index is 13.3. The third kappa shape index (κ3) is 6.35. The van der Waals surface area contributed by atoms with Gasteiger partial charge in [-0.15, -0.1) is 0 Å². The lowest BCUT2D eigenvalue weighted by atomic mass is 10.1. The molecule has 0 saturated carbocycles. The normalized spacial score (nSPS) is 11.8. The minimum Gasteiger partial charge on any atom is -0.483 e. The number of hydrogen-bond acceptors (Lipinski definition) is 3. The zero-order valence-corrected chi connectivity index (χ0v) is 21.0. The van der Waals surface area contributed by atoms with Gasteiger partial charge in [-0.2, -0.15) is 0 Å². The van der Waals surface area contributed by atoms with Gasteiger partial charge in [-0.05, 0) is 58.1 Å². The van der Waals surface area contributed by atoms with E-state index in [1.807, 2.05) is 81.4 Å². The minimum absolute atomic E-state index is 0.133. The van der Waals surface area contributed by atoms with Gasteiger partial charge in [0.25, 0.3) is 5.91 Å². The van der Waals surface area contributed by atoms with Gasteiger partial charge in [0.2, 0.25) is 5.91 Å². The van der Waals surface area contributed by atoms with Crippen LogP contribution in [0.25, 0.3) is 10.8 Å². The molecule has 0 fully saturated rings. The first-order valence-corrected chi connectivity index (χ1v) is 12.2. The van der Waals surface area contributed by atoms with E-state index in [0.717, 1.165) is 32.8 Å². The zero-order chi connectivity index (χ0) is 23.8. The third-order valence-corrected chi connectivity index (χ3v) is 6.41. The van der Waals surface area contributed by atoms with E-state index < -0.39 is 6.04 Å². The number of fused-ring (bicyclic) bond motifs is 1. The number of carbonyl (C=O) groups excluding carboxylic acids is 2. The average Bonchev–Trinajstić information content (AvgIpc) is 2.83. The summed E-state index contributed by atoms with van der Waals surface area (Å²) < 4.78 is 6.74. The molecule has 0 radical (unpaired) electrons. The maximum absolute atomic E-state index is 13.3. The molecule has 0 aliphatic carbocycles. The van der Waals surface area contributed by atoms with E-state index in [1.165, 1.54) is 0 Å².